The van der Waals surface area contributed by atoms with Gasteiger partial charge in [-0.2, -0.15) is 5.10 Å². The summed E-state index contributed by atoms with van der Waals surface area (Å²) in [6, 6.07) is 8.18. The largest absolute Gasteiger partial charge is 0.433 e. The van der Waals surface area contributed by atoms with E-state index in [0.29, 0.717) is 13.0 Å². The topological polar surface area (TPSA) is 102 Å². The first kappa shape index (κ1) is 15.4. The second-order valence-corrected chi connectivity index (χ2v) is 4.39. The van der Waals surface area contributed by atoms with Crippen molar-refractivity contribution in [1.82, 2.24) is 9.99 Å². The normalized spacial score (nSPS) is 10.8. The fourth-order valence-electron chi connectivity index (χ4n) is 1.70. The summed E-state index contributed by atoms with van der Waals surface area (Å²) in [5.74, 6) is -0.409. The van der Waals surface area contributed by atoms with Crippen LogP contribution in [-0.2, 0) is 11.2 Å². The van der Waals surface area contributed by atoms with Gasteiger partial charge in [0.15, 0.2) is 5.76 Å². The van der Waals surface area contributed by atoms with E-state index in [4.69, 9.17) is 4.42 Å². The molecular weight excluding hydrogens is 288 g/mol. The Bertz CT molecular complexity index is 681. The lowest BCUT2D eigenvalue weighted by Gasteiger charge is -2.14. The third-order valence-electron chi connectivity index (χ3n) is 2.79. The molecule has 0 bridgehead atoms. The lowest BCUT2D eigenvalue weighted by atomic mass is 10.2. The van der Waals surface area contributed by atoms with E-state index < -0.39 is 4.92 Å². The first-order chi connectivity index (χ1) is 10.6. The Kier molecular flexibility index (Phi) is 4.97. The molecule has 1 amide bonds. The minimum absolute atomic E-state index is 0.204. The highest BCUT2D eigenvalue weighted by Gasteiger charge is 2.11. The molecule has 0 saturated heterocycles. The molecule has 0 aliphatic carbocycles. The molecule has 2 rings (SSSR count). The van der Waals surface area contributed by atoms with Crippen LogP contribution in [0.1, 0.15) is 18.4 Å². The molecule has 0 N–H and O–H groups in total. The number of amides is 1. The summed E-state index contributed by atoms with van der Waals surface area (Å²) in [5, 5.41) is 15.8. The maximum atomic E-state index is 11.6. The van der Waals surface area contributed by atoms with E-state index in [2.05, 4.69) is 10.1 Å². The summed E-state index contributed by atoms with van der Waals surface area (Å²) in [4.78, 5) is 25.6. The molecule has 0 radical (unpaired) electrons. The summed E-state index contributed by atoms with van der Waals surface area (Å²) in [7, 11) is 0. The predicted octanol–water partition coefficient (Wildman–Crippen LogP) is 2.01. The maximum Gasteiger partial charge on any atom is 0.433 e. The standard InChI is InChI=1S/C14H14N4O4/c1-11(19)17(9-7-12-4-2-3-8-15-12)16-10-13-5-6-14(22-13)18(20)21/h2-6,8,10H,7,9H2,1H3/b16-10+. The Labute approximate surface area is 126 Å². The summed E-state index contributed by atoms with van der Waals surface area (Å²) >= 11 is 0. The van der Waals surface area contributed by atoms with E-state index in [0.717, 1.165) is 5.69 Å². The number of aromatic nitrogens is 1. The van der Waals surface area contributed by atoms with Crippen LogP contribution in [0.15, 0.2) is 46.0 Å². The Morgan fingerprint density at radius 2 is 2.27 bits per heavy atom. The van der Waals surface area contributed by atoms with Crippen LogP contribution < -0.4 is 0 Å². The first-order valence-corrected chi connectivity index (χ1v) is 6.52. The molecule has 0 aromatic carbocycles. The number of carbonyl (C=O) groups is 1. The second-order valence-electron chi connectivity index (χ2n) is 4.39. The number of nitro groups is 1. The number of furan rings is 1. The minimum atomic E-state index is -0.638. The molecule has 0 spiro atoms. The van der Waals surface area contributed by atoms with Crippen molar-refractivity contribution in [3.05, 3.63) is 58.1 Å². The Morgan fingerprint density at radius 3 is 2.86 bits per heavy atom. The van der Waals surface area contributed by atoms with Crippen LogP contribution in [0.2, 0.25) is 0 Å². The lowest BCUT2D eigenvalue weighted by molar-refractivity contribution is -0.402. The monoisotopic (exact) mass is 302 g/mol. The van der Waals surface area contributed by atoms with Crippen LogP contribution in [0.3, 0.4) is 0 Å². The van der Waals surface area contributed by atoms with Crippen molar-refractivity contribution in [3.8, 4) is 0 Å². The fraction of sp³-hybridized carbons (Fsp3) is 0.214. The molecule has 0 atom stereocenters. The smallest absolute Gasteiger partial charge is 0.400 e. The SMILES string of the molecule is CC(=O)N(CCc1ccccn1)/N=C/c1ccc([N+](=O)[O-])o1. The predicted molar refractivity (Wildman–Crippen MR) is 78.3 cm³/mol. The van der Waals surface area contributed by atoms with Crippen molar-refractivity contribution in [1.29, 1.82) is 0 Å². The molecule has 0 aliphatic rings. The van der Waals surface area contributed by atoms with Crippen LogP contribution in [-0.4, -0.2) is 33.6 Å². The number of rotatable bonds is 6. The third-order valence-corrected chi connectivity index (χ3v) is 2.79. The molecule has 0 unspecified atom stereocenters. The zero-order valence-corrected chi connectivity index (χ0v) is 11.9. The number of pyridine rings is 1. The average molecular weight is 302 g/mol. The van der Waals surface area contributed by atoms with Crippen molar-refractivity contribution in [3.63, 3.8) is 0 Å². The number of hydrogen-bond acceptors (Lipinski definition) is 6. The van der Waals surface area contributed by atoms with Crippen molar-refractivity contribution in [2.75, 3.05) is 6.54 Å². The molecule has 8 nitrogen and oxygen atoms in total. The van der Waals surface area contributed by atoms with Crippen molar-refractivity contribution >= 4 is 18.0 Å². The van der Waals surface area contributed by atoms with Gasteiger partial charge in [-0.05, 0) is 18.2 Å². The van der Waals surface area contributed by atoms with Gasteiger partial charge in [-0.15, -0.1) is 0 Å². The molecule has 0 aliphatic heterocycles. The Balaban J connectivity index is 2.00. The Morgan fingerprint density at radius 1 is 1.45 bits per heavy atom. The fourth-order valence-corrected chi connectivity index (χ4v) is 1.70. The van der Waals surface area contributed by atoms with Gasteiger partial charge in [0.1, 0.15) is 4.92 Å². The molecule has 22 heavy (non-hydrogen) atoms. The van der Waals surface area contributed by atoms with Crippen LogP contribution in [0, 0.1) is 10.1 Å². The molecule has 0 saturated carbocycles. The molecular formula is C14H14N4O4. The zero-order valence-electron chi connectivity index (χ0n) is 11.9. The average Bonchev–Trinajstić information content (AvgIpc) is 2.97. The summed E-state index contributed by atoms with van der Waals surface area (Å²) < 4.78 is 4.94. The van der Waals surface area contributed by atoms with E-state index in [1.807, 2.05) is 18.2 Å². The Hall–Kier alpha value is -3.03. The van der Waals surface area contributed by atoms with Gasteiger partial charge in [0.2, 0.25) is 5.91 Å². The molecule has 8 heteroatoms. The quantitative estimate of drug-likeness (QED) is 0.461. The molecule has 114 valence electrons. The van der Waals surface area contributed by atoms with E-state index in [1.165, 1.54) is 30.3 Å². The molecule has 0 fully saturated rings. The van der Waals surface area contributed by atoms with Gasteiger partial charge in [0.25, 0.3) is 0 Å². The minimum Gasteiger partial charge on any atom is -0.400 e. The highest BCUT2D eigenvalue weighted by Crippen LogP contribution is 2.14. The van der Waals surface area contributed by atoms with Crippen LogP contribution >= 0.6 is 0 Å². The highest BCUT2D eigenvalue weighted by molar-refractivity contribution is 5.79. The van der Waals surface area contributed by atoms with Crippen LogP contribution in [0.5, 0.6) is 0 Å². The van der Waals surface area contributed by atoms with Crippen LogP contribution in [0.4, 0.5) is 5.88 Å². The van der Waals surface area contributed by atoms with Gasteiger partial charge in [-0.1, -0.05) is 6.07 Å². The molecule has 2 aromatic heterocycles. The summed E-state index contributed by atoms with van der Waals surface area (Å²) in [6.45, 7) is 1.74. The molecule has 2 aromatic rings. The number of hydrogen-bond donors (Lipinski definition) is 0. The highest BCUT2D eigenvalue weighted by atomic mass is 16.6. The van der Waals surface area contributed by atoms with E-state index in [1.54, 1.807) is 6.20 Å². The number of nitrogens with zero attached hydrogens (tertiary/aromatic N) is 4. The van der Waals surface area contributed by atoms with Crippen LogP contribution in [0.25, 0.3) is 0 Å². The second kappa shape index (κ2) is 7.11. The summed E-state index contributed by atoms with van der Waals surface area (Å²) in [6.07, 6.45) is 3.50. The van der Waals surface area contributed by atoms with E-state index in [9.17, 15) is 14.9 Å². The maximum absolute atomic E-state index is 11.6. The lowest BCUT2D eigenvalue weighted by Crippen LogP contribution is -2.25. The van der Waals surface area contributed by atoms with Gasteiger partial charge in [0.05, 0.1) is 18.8 Å². The van der Waals surface area contributed by atoms with Gasteiger partial charge in [0, 0.05) is 25.2 Å². The van der Waals surface area contributed by atoms with Crippen molar-refractivity contribution in [2.45, 2.75) is 13.3 Å². The van der Waals surface area contributed by atoms with E-state index in [-0.39, 0.29) is 17.6 Å². The first-order valence-electron chi connectivity index (χ1n) is 6.52. The van der Waals surface area contributed by atoms with Crippen molar-refractivity contribution in [2.24, 2.45) is 5.10 Å². The zero-order chi connectivity index (χ0) is 15.9. The number of carbonyl (C=O) groups excluding carboxylic acids is 1. The van der Waals surface area contributed by atoms with Gasteiger partial charge < -0.3 is 4.42 Å². The number of hydrazone groups is 1. The van der Waals surface area contributed by atoms with Gasteiger partial charge in [-0.25, -0.2) is 5.01 Å². The van der Waals surface area contributed by atoms with E-state index >= 15 is 0 Å². The van der Waals surface area contributed by atoms with Gasteiger partial charge >= 0.3 is 5.88 Å². The van der Waals surface area contributed by atoms with Gasteiger partial charge in [-0.3, -0.25) is 19.9 Å². The van der Waals surface area contributed by atoms with Crippen molar-refractivity contribution < 1.29 is 14.1 Å². The molecule has 2 heterocycles. The summed E-state index contributed by atoms with van der Waals surface area (Å²) in [5.41, 5.74) is 0.845. The third kappa shape index (κ3) is 4.23.